The molecule has 0 radical (unpaired) electrons. The summed E-state index contributed by atoms with van der Waals surface area (Å²) in [4.78, 5) is 12.2. The molecule has 2 aliphatic carbocycles. The largest absolute Gasteiger partial charge is 0.462 e. The van der Waals surface area contributed by atoms with E-state index >= 15 is 0 Å². The van der Waals surface area contributed by atoms with E-state index in [0.29, 0.717) is 11.8 Å². The SMILES string of the molecule is CCC(C)C(=O)OC1CC2CC1CC2OC(C)(C)c1ccc2cc3ccccc3cc2c1. The van der Waals surface area contributed by atoms with E-state index in [2.05, 4.69) is 68.4 Å². The molecule has 0 heterocycles. The van der Waals surface area contributed by atoms with Gasteiger partial charge in [-0.25, -0.2) is 0 Å². The lowest BCUT2D eigenvalue weighted by Gasteiger charge is -2.35. The summed E-state index contributed by atoms with van der Waals surface area (Å²) < 4.78 is 12.6. The number of hydrogen-bond donors (Lipinski definition) is 0. The molecule has 32 heavy (non-hydrogen) atoms. The third kappa shape index (κ3) is 3.92. The van der Waals surface area contributed by atoms with Crippen LogP contribution < -0.4 is 0 Å². The summed E-state index contributed by atoms with van der Waals surface area (Å²) in [6, 6.07) is 19.8. The molecule has 3 heteroatoms. The van der Waals surface area contributed by atoms with E-state index in [1.807, 2.05) is 13.8 Å². The summed E-state index contributed by atoms with van der Waals surface area (Å²) in [6.07, 6.45) is 4.20. The van der Waals surface area contributed by atoms with Gasteiger partial charge in [0.2, 0.25) is 0 Å². The van der Waals surface area contributed by atoms with E-state index in [9.17, 15) is 4.79 Å². The van der Waals surface area contributed by atoms with Crippen molar-refractivity contribution < 1.29 is 14.3 Å². The predicted octanol–water partition coefficient (Wildman–Crippen LogP) is 7.00. The molecule has 3 nitrogen and oxygen atoms in total. The van der Waals surface area contributed by atoms with Crippen LogP contribution in [-0.4, -0.2) is 18.2 Å². The van der Waals surface area contributed by atoms with Crippen molar-refractivity contribution >= 4 is 27.5 Å². The zero-order valence-corrected chi connectivity index (χ0v) is 19.6. The molecule has 3 aromatic rings. The van der Waals surface area contributed by atoms with Crippen LogP contribution in [0.4, 0.5) is 0 Å². The zero-order valence-electron chi connectivity index (χ0n) is 19.6. The fourth-order valence-corrected chi connectivity index (χ4v) is 5.65. The first kappa shape index (κ1) is 21.5. The van der Waals surface area contributed by atoms with Crippen LogP contribution in [0.25, 0.3) is 21.5 Å². The summed E-state index contributed by atoms with van der Waals surface area (Å²) in [5.41, 5.74) is 0.848. The molecular formula is C29H34O3. The van der Waals surface area contributed by atoms with Crippen molar-refractivity contribution in [2.24, 2.45) is 17.8 Å². The van der Waals surface area contributed by atoms with Crippen molar-refractivity contribution in [3.05, 3.63) is 60.2 Å². The van der Waals surface area contributed by atoms with Crippen molar-refractivity contribution in [2.75, 3.05) is 0 Å². The molecule has 2 saturated carbocycles. The molecule has 0 aliphatic heterocycles. The number of hydrogen-bond acceptors (Lipinski definition) is 3. The van der Waals surface area contributed by atoms with Gasteiger partial charge in [-0.05, 0) is 96.7 Å². The lowest BCUT2D eigenvalue weighted by Crippen LogP contribution is -2.36. The van der Waals surface area contributed by atoms with Gasteiger partial charge in [-0.3, -0.25) is 4.79 Å². The van der Waals surface area contributed by atoms with Gasteiger partial charge in [0.15, 0.2) is 0 Å². The predicted molar refractivity (Wildman–Crippen MR) is 130 cm³/mol. The molecule has 3 aromatic carbocycles. The Balaban J connectivity index is 1.29. The second-order valence-electron chi connectivity index (χ2n) is 10.4. The minimum atomic E-state index is -0.363. The Kier molecular flexibility index (Phi) is 5.49. The van der Waals surface area contributed by atoms with E-state index in [0.717, 1.165) is 25.7 Å². The summed E-state index contributed by atoms with van der Waals surface area (Å²) in [5.74, 6) is 0.881. The van der Waals surface area contributed by atoms with Crippen LogP contribution in [0.15, 0.2) is 54.6 Å². The number of fused-ring (bicyclic) bond motifs is 4. The molecule has 2 fully saturated rings. The van der Waals surface area contributed by atoms with Gasteiger partial charge in [0.25, 0.3) is 0 Å². The van der Waals surface area contributed by atoms with Gasteiger partial charge in [-0.2, -0.15) is 0 Å². The first-order chi connectivity index (χ1) is 15.3. The van der Waals surface area contributed by atoms with Crippen LogP contribution in [0.1, 0.15) is 58.9 Å². The molecule has 5 atom stereocenters. The molecule has 0 spiro atoms. The number of rotatable bonds is 6. The molecule has 0 saturated heterocycles. The molecule has 2 bridgehead atoms. The highest BCUT2D eigenvalue weighted by molar-refractivity contribution is 5.98. The fourth-order valence-electron chi connectivity index (χ4n) is 5.65. The lowest BCUT2D eigenvalue weighted by molar-refractivity contribution is -0.160. The first-order valence-corrected chi connectivity index (χ1v) is 12.2. The molecular weight excluding hydrogens is 396 g/mol. The lowest BCUT2D eigenvalue weighted by atomic mass is 9.91. The maximum Gasteiger partial charge on any atom is 0.308 e. The van der Waals surface area contributed by atoms with Crippen molar-refractivity contribution in [3.8, 4) is 0 Å². The molecule has 5 unspecified atom stereocenters. The third-order valence-electron chi connectivity index (χ3n) is 7.86. The van der Waals surface area contributed by atoms with Gasteiger partial charge >= 0.3 is 5.97 Å². The molecule has 0 aromatic heterocycles. The van der Waals surface area contributed by atoms with Crippen molar-refractivity contribution in [1.82, 2.24) is 0 Å². The van der Waals surface area contributed by atoms with Crippen LogP contribution in [0.2, 0.25) is 0 Å². The topological polar surface area (TPSA) is 35.5 Å². The maximum absolute atomic E-state index is 12.2. The maximum atomic E-state index is 12.2. The average molecular weight is 431 g/mol. The van der Waals surface area contributed by atoms with Crippen LogP contribution >= 0.6 is 0 Å². The van der Waals surface area contributed by atoms with Crippen molar-refractivity contribution in [2.45, 2.75) is 71.2 Å². The smallest absolute Gasteiger partial charge is 0.308 e. The summed E-state index contributed by atoms with van der Waals surface area (Å²) in [6.45, 7) is 8.35. The van der Waals surface area contributed by atoms with Gasteiger partial charge in [0.1, 0.15) is 6.10 Å². The minimum absolute atomic E-state index is 0.00914. The van der Waals surface area contributed by atoms with Gasteiger partial charge in [-0.15, -0.1) is 0 Å². The quantitative estimate of drug-likeness (QED) is 0.312. The van der Waals surface area contributed by atoms with Crippen LogP contribution in [-0.2, 0) is 19.9 Å². The second-order valence-corrected chi connectivity index (χ2v) is 10.4. The normalized spacial score (nSPS) is 26.0. The van der Waals surface area contributed by atoms with Gasteiger partial charge in [0, 0.05) is 0 Å². The van der Waals surface area contributed by atoms with E-state index < -0.39 is 0 Å². The first-order valence-electron chi connectivity index (χ1n) is 12.2. The number of carbonyl (C=O) groups is 1. The fraction of sp³-hybridized carbons (Fsp3) is 0.483. The Labute approximate surface area is 191 Å². The second kappa shape index (κ2) is 8.19. The van der Waals surface area contributed by atoms with Gasteiger partial charge < -0.3 is 9.47 Å². The Morgan fingerprint density at radius 2 is 1.53 bits per heavy atom. The molecule has 2 aliphatic rings. The molecule has 5 rings (SSSR count). The molecule has 168 valence electrons. The Morgan fingerprint density at radius 1 is 0.906 bits per heavy atom. The van der Waals surface area contributed by atoms with Crippen LogP contribution in [0.5, 0.6) is 0 Å². The van der Waals surface area contributed by atoms with Crippen molar-refractivity contribution in [1.29, 1.82) is 0 Å². The highest BCUT2D eigenvalue weighted by atomic mass is 16.5. The average Bonchev–Trinajstić information content (AvgIpc) is 3.36. The standard InChI is InChI=1S/C29H34O3/c1-5-18(2)28(30)31-26-16-24-14-23(26)17-27(24)32-29(3,4)25-11-10-21-12-19-8-6-7-9-20(19)13-22(21)15-25/h6-13,15,18,23-24,26-27H,5,14,16-17H2,1-4H3. The summed E-state index contributed by atoms with van der Waals surface area (Å²) in [5, 5.41) is 5.05. The van der Waals surface area contributed by atoms with E-state index in [1.54, 1.807) is 0 Å². The summed E-state index contributed by atoms with van der Waals surface area (Å²) in [7, 11) is 0. The number of carbonyl (C=O) groups excluding carboxylic acids is 1. The molecule has 0 amide bonds. The number of esters is 1. The highest BCUT2D eigenvalue weighted by Gasteiger charge is 2.49. The van der Waals surface area contributed by atoms with Gasteiger partial charge in [0.05, 0.1) is 17.6 Å². The zero-order chi connectivity index (χ0) is 22.5. The summed E-state index contributed by atoms with van der Waals surface area (Å²) >= 11 is 0. The van der Waals surface area contributed by atoms with E-state index in [1.165, 1.54) is 27.1 Å². The van der Waals surface area contributed by atoms with Crippen LogP contribution in [0, 0.1) is 17.8 Å². The number of ether oxygens (including phenoxy) is 2. The Hall–Kier alpha value is -2.39. The Bertz CT molecular complexity index is 1150. The van der Waals surface area contributed by atoms with E-state index in [-0.39, 0.29) is 29.7 Å². The van der Waals surface area contributed by atoms with Gasteiger partial charge in [-0.1, -0.05) is 50.2 Å². The van der Waals surface area contributed by atoms with Crippen molar-refractivity contribution in [3.63, 3.8) is 0 Å². The van der Waals surface area contributed by atoms with E-state index in [4.69, 9.17) is 9.47 Å². The monoisotopic (exact) mass is 430 g/mol. The number of benzene rings is 3. The Morgan fingerprint density at radius 3 is 2.19 bits per heavy atom. The highest BCUT2D eigenvalue weighted by Crippen LogP contribution is 2.49. The third-order valence-corrected chi connectivity index (χ3v) is 7.86. The van der Waals surface area contributed by atoms with Crippen LogP contribution in [0.3, 0.4) is 0 Å². The minimum Gasteiger partial charge on any atom is -0.462 e. The molecule has 0 N–H and O–H groups in total.